The van der Waals surface area contributed by atoms with Gasteiger partial charge in [-0.25, -0.2) is 18.2 Å². The van der Waals surface area contributed by atoms with Gasteiger partial charge in [-0.3, -0.25) is 4.98 Å². The first-order valence-electron chi connectivity index (χ1n) is 10.2. The van der Waals surface area contributed by atoms with Gasteiger partial charge in [-0.2, -0.15) is 13.2 Å². The number of halogens is 6. The highest BCUT2D eigenvalue weighted by molar-refractivity contribution is 5.73. The third-order valence-corrected chi connectivity index (χ3v) is 5.28. The lowest BCUT2D eigenvalue weighted by atomic mass is 9.86. The molecule has 2 atom stereocenters. The zero-order valence-corrected chi connectivity index (χ0v) is 18.0. The molecule has 1 aliphatic rings. The Labute approximate surface area is 194 Å². The Hall–Kier alpha value is -3.77. The number of amidine groups is 1. The second-order valence-corrected chi connectivity index (χ2v) is 7.91. The van der Waals surface area contributed by atoms with E-state index in [1.54, 1.807) is 0 Å². The molecule has 13 heteroatoms. The normalized spacial score (nSPS) is 20.5. The first-order chi connectivity index (χ1) is 16.4. The SMILES string of the molecule is C[C@@]1(c2cc(-c3cc(-c4ccc(OCC(F)F)cn4)no3)ccc2F)C[C@@H](C(F)(F)F)N=C(N)O1. The van der Waals surface area contributed by atoms with Gasteiger partial charge in [0, 0.05) is 23.6 Å². The molecular weight excluding hydrogens is 482 g/mol. The molecule has 2 aromatic heterocycles. The number of benzene rings is 1. The van der Waals surface area contributed by atoms with Crippen molar-refractivity contribution in [3.05, 3.63) is 54.0 Å². The van der Waals surface area contributed by atoms with Crippen LogP contribution in [0.1, 0.15) is 18.9 Å². The molecule has 35 heavy (non-hydrogen) atoms. The molecule has 0 amide bonds. The molecule has 0 unspecified atom stereocenters. The summed E-state index contributed by atoms with van der Waals surface area (Å²) < 4.78 is 94.7. The van der Waals surface area contributed by atoms with Crippen molar-refractivity contribution in [1.82, 2.24) is 10.1 Å². The van der Waals surface area contributed by atoms with Gasteiger partial charge in [0.1, 0.15) is 29.5 Å². The van der Waals surface area contributed by atoms with E-state index in [0.29, 0.717) is 11.3 Å². The Morgan fingerprint density at radius 2 is 1.94 bits per heavy atom. The topological polar surface area (TPSA) is 95.8 Å². The average molecular weight is 500 g/mol. The van der Waals surface area contributed by atoms with Crippen LogP contribution in [-0.2, 0) is 10.3 Å². The number of alkyl halides is 5. The summed E-state index contributed by atoms with van der Waals surface area (Å²) in [7, 11) is 0. The van der Waals surface area contributed by atoms with Crippen molar-refractivity contribution in [3.8, 4) is 28.5 Å². The van der Waals surface area contributed by atoms with Crippen LogP contribution in [0.15, 0.2) is 52.1 Å². The summed E-state index contributed by atoms with van der Waals surface area (Å²) in [5.74, 6) is -0.483. The third-order valence-electron chi connectivity index (χ3n) is 5.28. The van der Waals surface area contributed by atoms with Crippen molar-refractivity contribution >= 4 is 6.02 Å². The molecule has 0 saturated carbocycles. The maximum absolute atomic E-state index is 14.7. The zero-order chi connectivity index (χ0) is 25.4. The molecule has 0 bridgehead atoms. The van der Waals surface area contributed by atoms with Crippen LogP contribution < -0.4 is 10.5 Å². The minimum atomic E-state index is -4.68. The van der Waals surface area contributed by atoms with Crippen LogP contribution in [0.4, 0.5) is 26.3 Å². The van der Waals surface area contributed by atoms with Crippen LogP contribution in [0.2, 0.25) is 0 Å². The molecule has 3 heterocycles. The highest BCUT2D eigenvalue weighted by atomic mass is 19.4. The van der Waals surface area contributed by atoms with E-state index in [-0.39, 0.29) is 22.8 Å². The van der Waals surface area contributed by atoms with Gasteiger partial charge in [0.05, 0.1) is 11.9 Å². The van der Waals surface area contributed by atoms with Crippen molar-refractivity contribution in [2.45, 2.75) is 37.6 Å². The van der Waals surface area contributed by atoms with Crippen molar-refractivity contribution in [3.63, 3.8) is 0 Å². The minimum Gasteiger partial charge on any atom is -0.486 e. The molecule has 2 N–H and O–H groups in total. The van der Waals surface area contributed by atoms with Gasteiger partial charge in [-0.1, -0.05) is 5.16 Å². The summed E-state index contributed by atoms with van der Waals surface area (Å²) in [5, 5.41) is 3.89. The standard InChI is InChI=1S/C22H18F6N4O3/c1-21(8-18(22(26,27)28)31-20(29)34-21)13-6-11(2-4-14(13)23)17-7-16(32-35-17)15-5-3-12(9-30-15)33-10-19(24)25/h2-7,9,18-19H,8,10H2,1H3,(H2,29,31)/t18-,21-/m0/s1. The molecule has 1 aliphatic heterocycles. The van der Waals surface area contributed by atoms with Crippen LogP contribution in [-0.4, -0.2) is 41.4 Å². The number of aromatic nitrogens is 2. The molecule has 0 spiro atoms. The lowest BCUT2D eigenvalue weighted by Gasteiger charge is -2.37. The van der Waals surface area contributed by atoms with Crippen molar-refractivity contribution < 1.29 is 40.3 Å². The Bertz CT molecular complexity index is 1230. The zero-order valence-electron chi connectivity index (χ0n) is 18.0. The molecule has 0 saturated heterocycles. The number of hydrogen-bond acceptors (Lipinski definition) is 7. The van der Waals surface area contributed by atoms with Gasteiger partial charge >= 0.3 is 6.18 Å². The van der Waals surface area contributed by atoms with E-state index >= 15 is 0 Å². The first kappa shape index (κ1) is 24.4. The smallest absolute Gasteiger partial charge is 0.411 e. The average Bonchev–Trinajstić information content (AvgIpc) is 3.27. The fourth-order valence-electron chi connectivity index (χ4n) is 3.61. The highest BCUT2D eigenvalue weighted by Crippen LogP contribution is 2.41. The molecular formula is C22H18F6N4O3. The minimum absolute atomic E-state index is 0.140. The number of rotatable bonds is 6. The van der Waals surface area contributed by atoms with Crippen molar-refractivity contribution in [2.24, 2.45) is 10.7 Å². The van der Waals surface area contributed by atoms with Gasteiger partial charge in [0.25, 0.3) is 12.4 Å². The second kappa shape index (κ2) is 9.12. The molecule has 0 fully saturated rings. The quantitative estimate of drug-likeness (QED) is 0.475. The summed E-state index contributed by atoms with van der Waals surface area (Å²) in [5.41, 5.74) is 4.48. The summed E-state index contributed by atoms with van der Waals surface area (Å²) in [6.45, 7) is 0.523. The Morgan fingerprint density at radius 1 is 1.17 bits per heavy atom. The van der Waals surface area contributed by atoms with E-state index in [1.807, 2.05) is 0 Å². The number of nitrogens with two attached hydrogens (primary N) is 1. The number of pyridine rings is 1. The van der Waals surface area contributed by atoms with E-state index in [9.17, 15) is 26.3 Å². The summed E-state index contributed by atoms with van der Waals surface area (Å²) in [4.78, 5) is 7.37. The fourth-order valence-corrected chi connectivity index (χ4v) is 3.61. The summed E-state index contributed by atoms with van der Waals surface area (Å²) in [6, 6.07) is 5.27. The number of aliphatic imine (C=N–C) groups is 1. The number of nitrogens with zero attached hydrogens (tertiary/aromatic N) is 3. The van der Waals surface area contributed by atoms with Gasteiger partial charge in [-0.05, 0) is 37.3 Å². The first-order valence-corrected chi connectivity index (χ1v) is 10.2. The van der Waals surface area contributed by atoms with Gasteiger partial charge < -0.3 is 19.7 Å². The van der Waals surface area contributed by atoms with Crippen LogP contribution in [0, 0.1) is 5.82 Å². The Balaban J connectivity index is 1.60. The summed E-state index contributed by atoms with van der Waals surface area (Å²) in [6.07, 6.45) is -6.75. The molecule has 4 rings (SSSR count). The number of ether oxygens (including phenoxy) is 2. The highest BCUT2D eigenvalue weighted by Gasteiger charge is 2.49. The van der Waals surface area contributed by atoms with Gasteiger partial charge in [0.15, 0.2) is 11.8 Å². The van der Waals surface area contributed by atoms with E-state index in [4.69, 9.17) is 19.7 Å². The van der Waals surface area contributed by atoms with E-state index in [0.717, 1.165) is 6.07 Å². The predicted molar refractivity (Wildman–Crippen MR) is 111 cm³/mol. The van der Waals surface area contributed by atoms with Crippen LogP contribution in [0.25, 0.3) is 22.7 Å². The molecule has 0 radical (unpaired) electrons. The maximum Gasteiger partial charge on any atom is 0.411 e. The maximum atomic E-state index is 14.7. The molecule has 1 aromatic carbocycles. The second-order valence-electron chi connectivity index (χ2n) is 7.91. The number of hydrogen-bond donors (Lipinski definition) is 1. The Kier molecular flexibility index (Phi) is 6.34. The molecule has 186 valence electrons. The third kappa shape index (κ3) is 5.33. The largest absolute Gasteiger partial charge is 0.486 e. The van der Waals surface area contributed by atoms with E-state index < -0.39 is 49.1 Å². The monoisotopic (exact) mass is 500 g/mol. The van der Waals surface area contributed by atoms with E-state index in [2.05, 4.69) is 15.1 Å². The van der Waals surface area contributed by atoms with E-state index in [1.165, 1.54) is 43.5 Å². The molecule has 7 nitrogen and oxygen atoms in total. The van der Waals surface area contributed by atoms with Crippen molar-refractivity contribution in [1.29, 1.82) is 0 Å². The fraction of sp³-hybridized carbons (Fsp3) is 0.318. The van der Waals surface area contributed by atoms with Gasteiger partial charge in [0.2, 0.25) is 0 Å². The van der Waals surface area contributed by atoms with Gasteiger partial charge in [-0.15, -0.1) is 0 Å². The van der Waals surface area contributed by atoms with Crippen LogP contribution in [0.3, 0.4) is 0 Å². The molecule has 3 aromatic rings. The lowest BCUT2D eigenvalue weighted by Crippen LogP contribution is -2.46. The lowest BCUT2D eigenvalue weighted by molar-refractivity contribution is -0.164. The van der Waals surface area contributed by atoms with Crippen molar-refractivity contribution in [2.75, 3.05) is 6.61 Å². The summed E-state index contributed by atoms with van der Waals surface area (Å²) >= 11 is 0. The predicted octanol–water partition coefficient (Wildman–Crippen LogP) is 5.07. The Morgan fingerprint density at radius 3 is 2.60 bits per heavy atom. The van der Waals surface area contributed by atoms with Crippen LogP contribution >= 0.6 is 0 Å². The van der Waals surface area contributed by atoms with Crippen LogP contribution in [0.5, 0.6) is 5.75 Å². The molecule has 0 aliphatic carbocycles.